The molecule has 1 aliphatic heterocycles. The van der Waals surface area contributed by atoms with E-state index < -0.39 is 20.9 Å². The Kier molecular flexibility index (Phi) is 5.72. The average molecular weight is 409 g/mol. The molecule has 0 atom stereocenters. The molecule has 1 fully saturated rings. The summed E-state index contributed by atoms with van der Waals surface area (Å²) in [4.78, 5) is 22.6. The number of aryl methyl sites for hydroxylation is 1. The van der Waals surface area contributed by atoms with E-state index in [0.29, 0.717) is 37.7 Å². The van der Waals surface area contributed by atoms with Gasteiger partial charge in [-0.05, 0) is 36.1 Å². The van der Waals surface area contributed by atoms with Crippen LogP contribution in [0.2, 0.25) is 0 Å². The van der Waals surface area contributed by atoms with Gasteiger partial charge in [0.1, 0.15) is 0 Å². The Labute approximate surface area is 161 Å². The third-order valence-electron chi connectivity index (χ3n) is 4.11. The first kappa shape index (κ1) is 19.9. The van der Waals surface area contributed by atoms with Crippen molar-refractivity contribution in [1.82, 2.24) is 14.1 Å². The zero-order chi connectivity index (χ0) is 20.3. The minimum atomic E-state index is -3.62. The second-order valence-corrected chi connectivity index (χ2v) is 8.09. The smallest absolute Gasteiger partial charge is 0.345 e. The van der Waals surface area contributed by atoms with E-state index in [9.17, 15) is 23.3 Å². The van der Waals surface area contributed by atoms with E-state index in [0.717, 1.165) is 4.68 Å². The van der Waals surface area contributed by atoms with Gasteiger partial charge in [-0.3, -0.25) is 4.79 Å². The summed E-state index contributed by atoms with van der Waals surface area (Å²) in [6.07, 6.45) is 0. The van der Waals surface area contributed by atoms with E-state index in [1.807, 2.05) is 0 Å². The minimum Gasteiger partial charge on any atom is -0.379 e. The van der Waals surface area contributed by atoms with Crippen LogP contribution >= 0.6 is 0 Å². The first-order valence-corrected chi connectivity index (χ1v) is 9.88. The van der Waals surface area contributed by atoms with Gasteiger partial charge in [0.25, 0.3) is 5.91 Å². The number of rotatable bonds is 6. The van der Waals surface area contributed by atoms with Gasteiger partial charge in [-0.1, -0.05) is 5.10 Å². The number of aromatic nitrogens is 2. The van der Waals surface area contributed by atoms with E-state index in [-0.39, 0.29) is 17.3 Å². The van der Waals surface area contributed by atoms with Crippen LogP contribution in [-0.4, -0.2) is 59.6 Å². The van der Waals surface area contributed by atoms with Crippen molar-refractivity contribution < 1.29 is 22.9 Å². The fraction of sp³-hybridized carbons (Fsp3) is 0.375. The van der Waals surface area contributed by atoms with Crippen LogP contribution in [0.4, 0.5) is 11.5 Å². The molecule has 3 rings (SSSR count). The molecule has 1 N–H and O–H groups in total. The number of hydrogen-bond donors (Lipinski definition) is 1. The van der Waals surface area contributed by atoms with Crippen LogP contribution in [0.3, 0.4) is 0 Å². The summed E-state index contributed by atoms with van der Waals surface area (Å²) >= 11 is 0. The number of carbonyl (C=O) groups excluding carboxylic acids is 1. The lowest BCUT2D eigenvalue weighted by Gasteiger charge is -2.26. The van der Waals surface area contributed by atoms with Crippen LogP contribution in [0.5, 0.6) is 0 Å². The molecule has 11 nitrogen and oxygen atoms in total. The van der Waals surface area contributed by atoms with Crippen molar-refractivity contribution in [1.29, 1.82) is 0 Å². The first-order valence-electron chi connectivity index (χ1n) is 8.44. The van der Waals surface area contributed by atoms with Gasteiger partial charge in [-0.2, -0.15) is 4.31 Å². The molecule has 1 aromatic carbocycles. The number of ether oxygens (including phenoxy) is 1. The second kappa shape index (κ2) is 8.04. The summed E-state index contributed by atoms with van der Waals surface area (Å²) in [7, 11) is -3.62. The van der Waals surface area contributed by atoms with Crippen molar-refractivity contribution in [3.63, 3.8) is 0 Å². The van der Waals surface area contributed by atoms with Crippen molar-refractivity contribution in [3.8, 4) is 0 Å². The molecule has 0 bridgehead atoms. The molecular weight excluding hydrogens is 390 g/mol. The molecule has 1 aromatic heterocycles. The Hall–Kier alpha value is -2.83. The van der Waals surface area contributed by atoms with Crippen molar-refractivity contribution >= 4 is 27.4 Å². The molecule has 12 heteroatoms. The van der Waals surface area contributed by atoms with Crippen molar-refractivity contribution in [2.24, 2.45) is 0 Å². The van der Waals surface area contributed by atoms with E-state index in [1.165, 1.54) is 34.6 Å². The minimum absolute atomic E-state index is 0.116. The zero-order valence-electron chi connectivity index (χ0n) is 15.1. The van der Waals surface area contributed by atoms with Crippen molar-refractivity contribution in [2.45, 2.75) is 18.4 Å². The largest absolute Gasteiger partial charge is 0.379 e. The van der Waals surface area contributed by atoms with Gasteiger partial charge in [-0.15, -0.1) is 4.68 Å². The molecule has 0 aliphatic carbocycles. The molecular formula is C16H19N5O6S. The third kappa shape index (κ3) is 4.35. The highest BCUT2D eigenvalue weighted by Crippen LogP contribution is 2.20. The SMILES string of the molecule is Cc1cc([N+](=O)[O-])n(CC(=O)Nc2ccc(S(=O)(=O)N3CCOCC3)cc2)n1. The molecule has 0 radical (unpaired) electrons. The van der Waals surface area contributed by atoms with Gasteiger partial charge >= 0.3 is 5.82 Å². The molecule has 28 heavy (non-hydrogen) atoms. The van der Waals surface area contributed by atoms with E-state index in [1.54, 1.807) is 6.92 Å². The second-order valence-electron chi connectivity index (χ2n) is 6.15. The van der Waals surface area contributed by atoms with Crippen LogP contribution in [-0.2, 0) is 26.1 Å². The number of amides is 1. The van der Waals surface area contributed by atoms with Gasteiger partial charge in [0, 0.05) is 18.8 Å². The molecule has 0 saturated carbocycles. The summed E-state index contributed by atoms with van der Waals surface area (Å²) in [5, 5.41) is 17.5. The van der Waals surface area contributed by atoms with Crippen LogP contribution in [0.25, 0.3) is 0 Å². The number of sulfonamides is 1. The molecule has 1 amide bonds. The first-order chi connectivity index (χ1) is 13.3. The lowest BCUT2D eigenvalue weighted by atomic mass is 10.3. The Morgan fingerprint density at radius 3 is 2.54 bits per heavy atom. The Balaban J connectivity index is 1.67. The van der Waals surface area contributed by atoms with E-state index >= 15 is 0 Å². The summed E-state index contributed by atoms with van der Waals surface area (Å²) in [5.74, 6) is -0.797. The van der Waals surface area contributed by atoms with Gasteiger partial charge in [0.05, 0.1) is 29.9 Å². The molecule has 1 saturated heterocycles. The quantitative estimate of drug-likeness (QED) is 0.549. The summed E-state index contributed by atoms with van der Waals surface area (Å²) in [6.45, 7) is 2.55. The predicted octanol–water partition coefficient (Wildman–Crippen LogP) is 0.759. The molecule has 150 valence electrons. The number of anilines is 1. The Morgan fingerprint density at radius 1 is 1.29 bits per heavy atom. The number of nitrogens with one attached hydrogen (secondary N) is 1. The summed E-state index contributed by atoms with van der Waals surface area (Å²) < 4.78 is 32.7. The van der Waals surface area contributed by atoms with Crippen LogP contribution in [0.1, 0.15) is 5.69 Å². The fourth-order valence-corrected chi connectivity index (χ4v) is 4.19. The lowest BCUT2D eigenvalue weighted by molar-refractivity contribution is -0.392. The van der Waals surface area contributed by atoms with Crippen LogP contribution < -0.4 is 5.32 Å². The number of hydrogen-bond acceptors (Lipinski definition) is 7. The van der Waals surface area contributed by atoms with E-state index in [2.05, 4.69) is 10.4 Å². The number of morpholine rings is 1. The molecule has 0 unspecified atom stereocenters. The number of benzene rings is 1. The third-order valence-corrected chi connectivity index (χ3v) is 6.02. The molecule has 0 spiro atoms. The number of nitrogens with zero attached hydrogens (tertiary/aromatic N) is 4. The Bertz CT molecular complexity index is 979. The van der Waals surface area contributed by atoms with Gasteiger partial charge in [-0.25, -0.2) is 8.42 Å². The standard InChI is InChI=1S/C16H19N5O6S/c1-12-10-16(21(23)24)20(18-12)11-15(22)17-13-2-4-14(5-3-13)28(25,26)19-6-8-27-9-7-19/h2-5,10H,6-9,11H2,1H3,(H,17,22). The highest BCUT2D eigenvalue weighted by molar-refractivity contribution is 7.89. The highest BCUT2D eigenvalue weighted by atomic mass is 32.2. The average Bonchev–Trinajstić information content (AvgIpc) is 3.03. The maximum absolute atomic E-state index is 12.6. The maximum Gasteiger partial charge on any atom is 0.345 e. The molecule has 2 heterocycles. The van der Waals surface area contributed by atoms with Crippen molar-refractivity contribution in [2.75, 3.05) is 31.6 Å². The summed E-state index contributed by atoms with van der Waals surface area (Å²) in [6, 6.07) is 7.02. The van der Waals surface area contributed by atoms with Crippen LogP contribution in [0.15, 0.2) is 35.2 Å². The van der Waals surface area contributed by atoms with E-state index in [4.69, 9.17) is 4.74 Å². The summed E-state index contributed by atoms with van der Waals surface area (Å²) in [5.41, 5.74) is 0.801. The van der Waals surface area contributed by atoms with Crippen LogP contribution in [0, 0.1) is 17.0 Å². The monoisotopic (exact) mass is 409 g/mol. The fourth-order valence-electron chi connectivity index (χ4n) is 2.78. The zero-order valence-corrected chi connectivity index (χ0v) is 15.9. The van der Waals surface area contributed by atoms with Crippen molar-refractivity contribution in [3.05, 3.63) is 46.1 Å². The topological polar surface area (TPSA) is 137 Å². The van der Waals surface area contributed by atoms with Gasteiger partial charge in [0.15, 0.2) is 6.54 Å². The number of nitro groups is 1. The molecule has 2 aromatic rings. The van der Waals surface area contributed by atoms with Gasteiger partial charge in [0.2, 0.25) is 10.0 Å². The highest BCUT2D eigenvalue weighted by Gasteiger charge is 2.26. The Morgan fingerprint density at radius 2 is 1.93 bits per heavy atom. The predicted molar refractivity (Wildman–Crippen MR) is 98.3 cm³/mol. The lowest BCUT2D eigenvalue weighted by Crippen LogP contribution is -2.40. The normalized spacial score (nSPS) is 15.3. The maximum atomic E-state index is 12.6. The molecule has 1 aliphatic rings. The number of carbonyl (C=O) groups is 1. The van der Waals surface area contributed by atoms with Gasteiger partial charge < -0.3 is 20.2 Å².